The molecule has 0 aliphatic rings. The minimum Gasteiger partial charge on any atom is -0.444 e. The third kappa shape index (κ3) is 9.61. The summed E-state index contributed by atoms with van der Waals surface area (Å²) >= 11 is 0. The van der Waals surface area contributed by atoms with E-state index >= 15 is 0 Å². The number of ether oxygens (including phenoxy) is 1. The van der Waals surface area contributed by atoms with Crippen molar-refractivity contribution in [2.75, 3.05) is 0 Å². The van der Waals surface area contributed by atoms with Gasteiger partial charge in [-0.2, -0.15) is 0 Å². The Labute approximate surface area is 214 Å². The van der Waals surface area contributed by atoms with E-state index in [0.717, 1.165) is 0 Å². The van der Waals surface area contributed by atoms with Crippen LogP contribution >= 0.6 is 0 Å². The van der Waals surface area contributed by atoms with Crippen molar-refractivity contribution in [1.82, 2.24) is 15.5 Å². The Bertz CT molecular complexity index is 981. The molecule has 1 rings (SSSR count). The summed E-state index contributed by atoms with van der Waals surface area (Å²) in [5.41, 5.74) is 4.84. The molecule has 0 aliphatic carbocycles. The molecule has 198 valence electrons. The maximum absolute atomic E-state index is 14.0. The average Bonchev–Trinajstić information content (AvgIpc) is 2.71. The van der Waals surface area contributed by atoms with Crippen LogP contribution in [0.5, 0.6) is 0 Å². The Morgan fingerprint density at radius 3 is 2.00 bits per heavy atom. The lowest BCUT2D eigenvalue weighted by Crippen LogP contribution is -2.59. The number of nitrogens with one attached hydrogen (secondary N) is 2. The Kier molecular flexibility index (Phi) is 10.5. The number of primary amides is 1. The largest absolute Gasteiger partial charge is 0.444 e. The number of carbonyl (C=O) groups is 4. The van der Waals surface area contributed by atoms with Crippen LogP contribution in [0.3, 0.4) is 0 Å². The van der Waals surface area contributed by atoms with Crippen LogP contribution in [0.2, 0.25) is 0 Å². The summed E-state index contributed by atoms with van der Waals surface area (Å²) in [6, 6.07) is 4.40. The quantitative estimate of drug-likeness (QED) is 0.449. The van der Waals surface area contributed by atoms with Crippen molar-refractivity contribution in [2.45, 2.75) is 97.5 Å². The summed E-state index contributed by atoms with van der Waals surface area (Å²) in [5, 5.41) is 5.45. The first-order chi connectivity index (χ1) is 16.5. The van der Waals surface area contributed by atoms with E-state index in [-0.39, 0.29) is 18.9 Å². The molecule has 2 atom stereocenters. The summed E-state index contributed by atoms with van der Waals surface area (Å²) < 4.78 is 5.33. The van der Waals surface area contributed by atoms with Crippen molar-refractivity contribution in [1.29, 1.82) is 0 Å². The van der Waals surface area contributed by atoms with Gasteiger partial charge in [0.2, 0.25) is 17.7 Å². The van der Waals surface area contributed by atoms with Crippen LogP contribution < -0.4 is 16.4 Å². The molecular formula is C27H40N4O5. The zero-order chi connectivity index (χ0) is 27.8. The molecule has 9 nitrogen and oxygen atoms in total. The van der Waals surface area contributed by atoms with E-state index in [9.17, 15) is 19.2 Å². The predicted octanol–water partition coefficient (Wildman–Crippen LogP) is 3.02. The summed E-state index contributed by atoms with van der Waals surface area (Å²) in [5.74, 6) is 0.960. The van der Waals surface area contributed by atoms with Gasteiger partial charge in [-0.1, -0.05) is 18.1 Å². The summed E-state index contributed by atoms with van der Waals surface area (Å²) in [4.78, 5) is 53.0. The molecule has 4 N–H and O–H groups in total. The average molecular weight is 501 g/mol. The monoisotopic (exact) mass is 500 g/mol. The molecule has 4 amide bonds. The first-order valence-corrected chi connectivity index (χ1v) is 11.9. The number of terminal acetylenes is 1. The van der Waals surface area contributed by atoms with Gasteiger partial charge in [-0.3, -0.25) is 14.4 Å². The molecule has 0 aliphatic heterocycles. The number of carbonyl (C=O) groups excluding carboxylic acids is 4. The molecule has 0 spiro atoms. The van der Waals surface area contributed by atoms with Crippen molar-refractivity contribution >= 4 is 23.8 Å². The van der Waals surface area contributed by atoms with Crippen LogP contribution in [0.15, 0.2) is 24.3 Å². The fourth-order valence-electron chi connectivity index (χ4n) is 3.55. The normalized spacial score (nSPS) is 13.2. The van der Waals surface area contributed by atoms with E-state index in [1.807, 2.05) is 13.8 Å². The van der Waals surface area contributed by atoms with Crippen LogP contribution in [0.1, 0.15) is 85.4 Å². The second kappa shape index (κ2) is 12.4. The first-order valence-electron chi connectivity index (χ1n) is 11.9. The fraction of sp³-hybridized carbons (Fsp3) is 0.556. The highest BCUT2D eigenvalue weighted by atomic mass is 16.6. The molecule has 0 saturated heterocycles. The molecule has 0 fully saturated rings. The highest BCUT2D eigenvalue weighted by Crippen LogP contribution is 2.31. The van der Waals surface area contributed by atoms with E-state index in [2.05, 4.69) is 16.6 Å². The van der Waals surface area contributed by atoms with Crippen LogP contribution in [0.25, 0.3) is 0 Å². The molecule has 1 aromatic carbocycles. The Morgan fingerprint density at radius 1 is 1.03 bits per heavy atom. The maximum atomic E-state index is 14.0. The Morgan fingerprint density at radius 2 is 1.58 bits per heavy atom. The molecule has 0 bridgehead atoms. The maximum Gasteiger partial charge on any atom is 0.408 e. The van der Waals surface area contributed by atoms with Gasteiger partial charge in [0.1, 0.15) is 17.7 Å². The van der Waals surface area contributed by atoms with Crippen molar-refractivity contribution in [3.8, 4) is 12.3 Å². The topological polar surface area (TPSA) is 131 Å². The van der Waals surface area contributed by atoms with Gasteiger partial charge in [0.25, 0.3) is 0 Å². The molecule has 0 radical (unpaired) electrons. The third-order valence-electron chi connectivity index (χ3n) is 4.96. The smallest absolute Gasteiger partial charge is 0.408 e. The van der Waals surface area contributed by atoms with Gasteiger partial charge in [0.05, 0.1) is 0 Å². The van der Waals surface area contributed by atoms with Crippen molar-refractivity contribution in [3.05, 3.63) is 35.4 Å². The number of amides is 4. The molecule has 0 saturated carbocycles. The number of nitrogens with zero attached hydrogens (tertiary/aromatic N) is 1. The number of benzene rings is 1. The molecule has 36 heavy (non-hydrogen) atoms. The Balaban J connectivity index is 3.58. The summed E-state index contributed by atoms with van der Waals surface area (Å²) in [6.45, 7) is 14.1. The van der Waals surface area contributed by atoms with E-state index in [4.69, 9.17) is 16.9 Å². The highest BCUT2D eigenvalue weighted by Gasteiger charge is 2.42. The molecule has 2 unspecified atom stereocenters. The lowest BCUT2D eigenvalue weighted by molar-refractivity contribution is -0.148. The van der Waals surface area contributed by atoms with Gasteiger partial charge in [-0.15, -0.1) is 6.42 Å². The van der Waals surface area contributed by atoms with Gasteiger partial charge in [0.15, 0.2) is 0 Å². The molecule has 0 heterocycles. The van der Waals surface area contributed by atoms with Crippen molar-refractivity contribution in [3.63, 3.8) is 0 Å². The summed E-state index contributed by atoms with van der Waals surface area (Å²) in [6.07, 6.45) is 4.45. The lowest BCUT2D eigenvalue weighted by atomic mass is 9.94. The van der Waals surface area contributed by atoms with E-state index < -0.39 is 47.0 Å². The van der Waals surface area contributed by atoms with Crippen molar-refractivity contribution < 1.29 is 23.9 Å². The van der Waals surface area contributed by atoms with Crippen LogP contribution in [-0.4, -0.2) is 51.9 Å². The van der Waals surface area contributed by atoms with Gasteiger partial charge in [0, 0.05) is 23.6 Å². The predicted molar refractivity (Wildman–Crippen MR) is 139 cm³/mol. The Hall–Kier alpha value is -3.54. The number of rotatable bonds is 9. The zero-order valence-electron chi connectivity index (χ0n) is 22.6. The van der Waals surface area contributed by atoms with Gasteiger partial charge >= 0.3 is 6.09 Å². The van der Waals surface area contributed by atoms with Crippen LogP contribution in [0.4, 0.5) is 4.79 Å². The number of alkyl carbamates (subject to hydrolysis) is 1. The highest BCUT2D eigenvalue weighted by molar-refractivity contribution is 5.93. The SMILES string of the molecule is C#Cc1ccc(C(C(=O)NC(C)C)N(C(=O)C(CCC(N)=O)NC(=O)OC(C)(C)C)C(C)(C)C)cc1. The van der Waals surface area contributed by atoms with Gasteiger partial charge in [-0.25, -0.2) is 4.79 Å². The minimum atomic E-state index is -1.16. The number of hydrogen-bond acceptors (Lipinski definition) is 5. The molecule has 9 heteroatoms. The summed E-state index contributed by atoms with van der Waals surface area (Å²) in [7, 11) is 0. The first kappa shape index (κ1) is 30.5. The van der Waals surface area contributed by atoms with Crippen LogP contribution in [0, 0.1) is 12.3 Å². The van der Waals surface area contributed by atoms with E-state index in [1.165, 1.54) is 4.90 Å². The molecule has 0 aromatic heterocycles. The fourth-order valence-corrected chi connectivity index (χ4v) is 3.55. The van der Waals surface area contributed by atoms with Crippen molar-refractivity contribution in [2.24, 2.45) is 5.73 Å². The minimum absolute atomic E-state index is 0.0610. The standard InChI is InChI=1S/C27H40N4O5/c1-10-18-11-13-19(14-12-18)22(23(33)29-17(2)3)31(26(4,5)6)24(34)20(15-16-21(28)32)30-25(35)36-27(7,8)9/h1,11-14,17,20,22H,15-16H2,2-9H3,(H2,28,32)(H,29,33)(H,30,35). The van der Waals surface area contributed by atoms with Gasteiger partial charge in [-0.05, 0) is 79.5 Å². The van der Waals surface area contributed by atoms with E-state index in [1.54, 1.807) is 65.8 Å². The number of nitrogens with two attached hydrogens (primary N) is 1. The number of hydrogen-bond donors (Lipinski definition) is 3. The zero-order valence-corrected chi connectivity index (χ0v) is 22.6. The van der Waals surface area contributed by atoms with Crippen LogP contribution in [-0.2, 0) is 19.1 Å². The van der Waals surface area contributed by atoms with Gasteiger partial charge < -0.3 is 26.0 Å². The third-order valence-corrected chi connectivity index (χ3v) is 4.96. The molecule has 1 aromatic rings. The molecular weight excluding hydrogens is 460 g/mol. The lowest BCUT2D eigenvalue weighted by Gasteiger charge is -2.43. The second-order valence-corrected chi connectivity index (χ2v) is 10.9. The second-order valence-electron chi connectivity index (χ2n) is 10.9. The van der Waals surface area contributed by atoms with E-state index in [0.29, 0.717) is 11.1 Å².